The van der Waals surface area contributed by atoms with Crippen LogP contribution in [0.3, 0.4) is 0 Å². The zero-order valence-corrected chi connectivity index (χ0v) is 6.65. The van der Waals surface area contributed by atoms with Crippen LogP contribution >= 0.6 is 0 Å². The Morgan fingerprint density at radius 3 is 2.83 bits per heavy atom. The van der Waals surface area contributed by atoms with E-state index in [0.29, 0.717) is 6.42 Å². The van der Waals surface area contributed by atoms with Gasteiger partial charge in [-0.1, -0.05) is 5.57 Å². The van der Waals surface area contributed by atoms with E-state index in [4.69, 9.17) is 5.11 Å². The largest absolute Gasteiger partial charge is 0.512 e. The SMILES string of the molecule is CC1=CC([N+](=O)[O-])=CC=C(O)C1. The van der Waals surface area contributed by atoms with Crippen LogP contribution in [0.25, 0.3) is 0 Å². The predicted octanol–water partition coefficient (Wildman–Crippen LogP) is 1.94. The number of nitro groups is 1. The van der Waals surface area contributed by atoms with Crippen molar-refractivity contribution in [3.63, 3.8) is 0 Å². The summed E-state index contributed by atoms with van der Waals surface area (Å²) in [5, 5.41) is 19.5. The Labute approximate surface area is 69.7 Å². The van der Waals surface area contributed by atoms with Gasteiger partial charge in [-0.15, -0.1) is 0 Å². The van der Waals surface area contributed by atoms with E-state index in [1.807, 2.05) is 0 Å². The van der Waals surface area contributed by atoms with Crippen LogP contribution in [0.2, 0.25) is 0 Å². The third-order valence-electron chi connectivity index (χ3n) is 1.51. The minimum Gasteiger partial charge on any atom is -0.512 e. The van der Waals surface area contributed by atoms with E-state index in [1.54, 1.807) is 6.92 Å². The maximum Gasteiger partial charge on any atom is 0.269 e. The molecule has 4 nitrogen and oxygen atoms in total. The summed E-state index contributed by atoms with van der Waals surface area (Å²) in [6, 6.07) is 0. The van der Waals surface area contributed by atoms with Gasteiger partial charge in [0.05, 0.1) is 10.7 Å². The molecule has 0 saturated heterocycles. The molecular weight excluding hydrogens is 158 g/mol. The van der Waals surface area contributed by atoms with Crippen LogP contribution in [-0.2, 0) is 0 Å². The van der Waals surface area contributed by atoms with Crippen molar-refractivity contribution in [3.05, 3.63) is 45.4 Å². The minimum absolute atomic E-state index is 0.0107. The molecule has 0 unspecified atom stereocenters. The van der Waals surface area contributed by atoms with Gasteiger partial charge in [-0.3, -0.25) is 10.1 Å². The molecule has 0 bridgehead atoms. The van der Waals surface area contributed by atoms with Gasteiger partial charge in [-0.25, -0.2) is 0 Å². The second-order valence-electron chi connectivity index (χ2n) is 2.67. The molecule has 4 heteroatoms. The molecule has 0 aromatic heterocycles. The standard InChI is InChI=1S/C8H9NO3/c1-6-4-7(9(11)12)2-3-8(10)5-6/h2-4,10H,5H2,1H3. The summed E-state index contributed by atoms with van der Waals surface area (Å²) in [4.78, 5) is 9.87. The van der Waals surface area contributed by atoms with Crippen molar-refractivity contribution in [2.45, 2.75) is 13.3 Å². The normalized spacial score (nSPS) is 17.2. The second-order valence-corrected chi connectivity index (χ2v) is 2.67. The van der Waals surface area contributed by atoms with Crippen molar-refractivity contribution in [2.24, 2.45) is 0 Å². The van der Waals surface area contributed by atoms with Gasteiger partial charge < -0.3 is 5.11 Å². The topological polar surface area (TPSA) is 63.4 Å². The third-order valence-corrected chi connectivity index (χ3v) is 1.51. The second kappa shape index (κ2) is 3.21. The fourth-order valence-corrected chi connectivity index (χ4v) is 0.991. The van der Waals surface area contributed by atoms with E-state index in [0.717, 1.165) is 5.57 Å². The fraction of sp³-hybridized carbons (Fsp3) is 0.250. The van der Waals surface area contributed by atoms with Crippen molar-refractivity contribution in [1.82, 2.24) is 0 Å². The molecule has 0 atom stereocenters. The molecule has 64 valence electrons. The molecule has 1 aliphatic carbocycles. The molecule has 0 heterocycles. The summed E-state index contributed by atoms with van der Waals surface area (Å²) >= 11 is 0. The van der Waals surface area contributed by atoms with Crippen LogP contribution in [0.5, 0.6) is 0 Å². The lowest BCUT2D eigenvalue weighted by Crippen LogP contribution is -1.94. The van der Waals surface area contributed by atoms with E-state index in [1.165, 1.54) is 18.2 Å². The van der Waals surface area contributed by atoms with Gasteiger partial charge in [0.25, 0.3) is 5.70 Å². The van der Waals surface area contributed by atoms with E-state index in [9.17, 15) is 10.1 Å². The monoisotopic (exact) mass is 167 g/mol. The third kappa shape index (κ3) is 1.95. The minimum atomic E-state index is -0.474. The van der Waals surface area contributed by atoms with Gasteiger partial charge >= 0.3 is 0 Å². The highest BCUT2D eigenvalue weighted by molar-refractivity contribution is 5.28. The van der Waals surface area contributed by atoms with Gasteiger partial charge in [0.2, 0.25) is 0 Å². The molecule has 0 fully saturated rings. The van der Waals surface area contributed by atoms with Crippen LogP contribution in [0.15, 0.2) is 35.3 Å². The number of hydrogen-bond acceptors (Lipinski definition) is 3. The van der Waals surface area contributed by atoms with Crippen LogP contribution in [-0.4, -0.2) is 10.0 Å². The molecule has 0 aromatic carbocycles. The fourth-order valence-electron chi connectivity index (χ4n) is 0.991. The van der Waals surface area contributed by atoms with Crippen molar-refractivity contribution < 1.29 is 10.0 Å². The first-order valence-electron chi connectivity index (χ1n) is 3.51. The summed E-state index contributed by atoms with van der Waals surface area (Å²) in [6.45, 7) is 1.74. The van der Waals surface area contributed by atoms with Gasteiger partial charge in [-0.05, 0) is 13.0 Å². The zero-order valence-electron chi connectivity index (χ0n) is 6.65. The van der Waals surface area contributed by atoms with Crippen LogP contribution in [0.4, 0.5) is 0 Å². The van der Waals surface area contributed by atoms with Gasteiger partial charge in [0, 0.05) is 18.6 Å². The number of rotatable bonds is 1. The molecule has 1 rings (SSSR count). The number of hydrogen-bond donors (Lipinski definition) is 1. The number of aliphatic hydroxyl groups excluding tert-OH is 1. The lowest BCUT2D eigenvalue weighted by molar-refractivity contribution is -0.419. The Morgan fingerprint density at radius 1 is 1.58 bits per heavy atom. The summed E-state index contributed by atoms with van der Waals surface area (Å²) in [5.41, 5.74) is 0.792. The molecule has 0 radical (unpaired) electrons. The summed E-state index contributed by atoms with van der Waals surface area (Å²) < 4.78 is 0. The van der Waals surface area contributed by atoms with Gasteiger partial charge in [0.15, 0.2) is 0 Å². The molecule has 1 N–H and O–H groups in total. The smallest absolute Gasteiger partial charge is 0.269 e. The van der Waals surface area contributed by atoms with Crippen LogP contribution < -0.4 is 0 Å². The lowest BCUT2D eigenvalue weighted by atomic mass is 10.2. The quantitative estimate of drug-likeness (QED) is 0.479. The average molecular weight is 167 g/mol. The molecular formula is C8H9NO3. The Balaban J connectivity index is 3.01. The van der Waals surface area contributed by atoms with Gasteiger partial charge in [-0.2, -0.15) is 0 Å². The highest BCUT2D eigenvalue weighted by Crippen LogP contribution is 2.15. The molecule has 0 amide bonds. The highest BCUT2D eigenvalue weighted by Gasteiger charge is 2.10. The van der Waals surface area contributed by atoms with Crippen molar-refractivity contribution >= 4 is 0 Å². The summed E-state index contributed by atoms with van der Waals surface area (Å²) in [5.74, 6) is 0.153. The molecule has 12 heavy (non-hydrogen) atoms. The van der Waals surface area contributed by atoms with Gasteiger partial charge in [0.1, 0.15) is 0 Å². The maximum absolute atomic E-state index is 10.3. The first-order valence-corrected chi connectivity index (χ1v) is 3.51. The lowest BCUT2D eigenvalue weighted by Gasteiger charge is -1.95. The van der Waals surface area contributed by atoms with Crippen molar-refractivity contribution in [1.29, 1.82) is 0 Å². The van der Waals surface area contributed by atoms with E-state index in [2.05, 4.69) is 0 Å². The number of nitrogens with zero attached hydrogens (tertiary/aromatic N) is 1. The van der Waals surface area contributed by atoms with Crippen LogP contribution in [0, 0.1) is 10.1 Å². The maximum atomic E-state index is 10.3. The van der Waals surface area contributed by atoms with E-state index in [-0.39, 0.29) is 11.5 Å². The van der Waals surface area contributed by atoms with E-state index >= 15 is 0 Å². The van der Waals surface area contributed by atoms with E-state index < -0.39 is 4.92 Å². The molecule has 0 spiro atoms. The first kappa shape index (κ1) is 8.52. The average Bonchev–Trinajstić information content (AvgIpc) is 2.11. The predicted molar refractivity (Wildman–Crippen MR) is 44.2 cm³/mol. The Bertz CT molecular complexity index is 299. The first-order chi connectivity index (χ1) is 5.59. The Hall–Kier alpha value is -1.58. The molecule has 0 saturated carbocycles. The number of allylic oxidation sites excluding steroid dienone is 4. The number of aliphatic hydroxyl groups is 1. The zero-order chi connectivity index (χ0) is 9.14. The Kier molecular flexibility index (Phi) is 2.28. The molecule has 0 aromatic rings. The van der Waals surface area contributed by atoms with Crippen LogP contribution in [0.1, 0.15) is 13.3 Å². The van der Waals surface area contributed by atoms with Crippen molar-refractivity contribution in [2.75, 3.05) is 0 Å². The van der Waals surface area contributed by atoms with Crippen molar-refractivity contribution in [3.8, 4) is 0 Å². The molecule has 1 aliphatic rings. The summed E-state index contributed by atoms with van der Waals surface area (Å²) in [7, 11) is 0. The molecule has 0 aliphatic heterocycles. The summed E-state index contributed by atoms with van der Waals surface area (Å²) in [6.07, 6.45) is 4.49. The Morgan fingerprint density at radius 2 is 2.25 bits per heavy atom. The highest BCUT2D eigenvalue weighted by atomic mass is 16.6.